The van der Waals surface area contributed by atoms with Gasteiger partial charge in [-0.15, -0.1) is 0 Å². The molecule has 0 unspecified atom stereocenters. The molecule has 2 aromatic rings. The molecule has 1 heterocycles. The molecule has 0 saturated heterocycles. The molecule has 2 rings (SSSR count). The Labute approximate surface area is 122 Å². The van der Waals surface area contributed by atoms with Crippen LogP contribution in [0.1, 0.15) is 18.1 Å². The van der Waals surface area contributed by atoms with Crippen LogP contribution in [0, 0.1) is 0 Å². The van der Waals surface area contributed by atoms with Crippen molar-refractivity contribution in [2.24, 2.45) is 10.8 Å². The van der Waals surface area contributed by atoms with Crippen LogP contribution in [0.2, 0.25) is 0 Å². The summed E-state index contributed by atoms with van der Waals surface area (Å²) in [6.07, 6.45) is 5.13. The third-order valence-electron chi connectivity index (χ3n) is 2.66. The summed E-state index contributed by atoms with van der Waals surface area (Å²) >= 11 is 0. The Bertz CT molecular complexity index is 622. The van der Waals surface area contributed by atoms with Gasteiger partial charge in [0.25, 0.3) is 0 Å². The first-order chi connectivity index (χ1) is 10.2. The predicted octanol–water partition coefficient (Wildman–Crippen LogP) is 1.33. The van der Waals surface area contributed by atoms with Gasteiger partial charge in [-0.1, -0.05) is 0 Å². The number of hydrogen-bond acceptors (Lipinski definition) is 4. The monoisotopic (exact) mass is 287 g/mol. The number of amides is 2. The minimum Gasteiger partial charge on any atom is -0.494 e. The molecule has 7 heteroatoms. The fourth-order valence-electron chi connectivity index (χ4n) is 1.84. The number of hydrazone groups is 1. The highest BCUT2D eigenvalue weighted by molar-refractivity contribution is 5.82. The maximum atomic E-state index is 10.6. The fourth-order valence-corrected chi connectivity index (χ4v) is 1.84. The lowest BCUT2D eigenvalue weighted by atomic mass is 10.1. The molecule has 0 radical (unpaired) electrons. The Morgan fingerprint density at radius 3 is 3.10 bits per heavy atom. The van der Waals surface area contributed by atoms with Crippen molar-refractivity contribution in [1.29, 1.82) is 0 Å². The second kappa shape index (κ2) is 7.09. The largest absolute Gasteiger partial charge is 0.494 e. The molecule has 0 atom stereocenters. The van der Waals surface area contributed by atoms with E-state index >= 15 is 0 Å². The van der Waals surface area contributed by atoms with E-state index in [9.17, 15) is 4.79 Å². The van der Waals surface area contributed by atoms with E-state index in [1.165, 1.54) is 6.21 Å². The SMILES string of the molecule is CCOc1ccc(C=NNC(N)=O)cc1Cn1cccn1. The van der Waals surface area contributed by atoms with Gasteiger partial charge in [0, 0.05) is 18.0 Å². The van der Waals surface area contributed by atoms with Crippen molar-refractivity contribution in [3.05, 3.63) is 47.8 Å². The third kappa shape index (κ3) is 4.34. The molecule has 0 saturated carbocycles. The first-order valence-electron chi connectivity index (χ1n) is 6.50. The molecule has 110 valence electrons. The topological polar surface area (TPSA) is 94.5 Å². The summed E-state index contributed by atoms with van der Waals surface area (Å²) in [5, 5.41) is 7.92. The number of carbonyl (C=O) groups is 1. The molecular weight excluding hydrogens is 270 g/mol. The maximum absolute atomic E-state index is 10.6. The molecule has 3 N–H and O–H groups in total. The van der Waals surface area contributed by atoms with Crippen molar-refractivity contribution in [1.82, 2.24) is 15.2 Å². The van der Waals surface area contributed by atoms with Gasteiger partial charge < -0.3 is 10.5 Å². The van der Waals surface area contributed by atoms with Crippen LogP contribution in [0.3, 0.4) is 0 Å². The summed E-state index contributed by atoms with van der Waals surface area (Å²) < 4.78 is 7.41. The van der Waals surface area contributed by atoms with Gasteiger partial charge in [0.2, 0.25) is 0 Å². The van der Waals surface area contributed by atoms with Crippen LogP contribution in [0.5, 0.6) is 5.75 Å². The molecule has 21 heavy (non-hydrogen) atoms. The molecule has 0 aliphatic heterocycles. The van der Waals surface area contributed by atoms with Gasteiger partial charge in [0.15, 0.2) is 0 Å². The van der Waals surface area contributed by atoms with Crippen LogP contribution in [0.25, 0.3) is 0 Å². The highest BCUT2D eigenvalue weighted by atomic mass is 16.5. The van der Waals surface area contributed by atoms with Crippen LogP contribution in [-0.4, -0.2) is 28.6 Å². The quantitative estimate of drug-likeness (QED) is 0.620. The number of nitrogens with two attached hydrogens (primary N) is 1. The van der Waals surface area contributed by atoms with Crippen LogP contribution in [0.15, 0.2) is 41.8 Å². The predicted molar refractivity (Wildman–Crippen MR) is 79.3 cm³/mol. The summed E-state index contributed by atoms with van der Waals surface area (Å²) in [6.45, 7) is 3.11. The number of aromatic nitrogens is 2. The first-order valence-corrected chi connectivity index (χ1v) is 6.50. The van der Waals surface area contributed by atoms with E-state index in [0.29, 0.717) is 13.2 Å². The van der Waals surface area contributed by atoms with Crippen molar-refractivity contribution >= 4 is 12.2 Å². The summed E-state index contributed by atoms with van der Waals surface area (Å²) in [4.78, 5) is 10.6. The van der Waals surface area contributed by atoms with E-state index in [-0.39, 0.29) is 0 Å². The number of primary amides is 1. The molecule has 1 aromatic heterocycles. The molecule has 0 fully saturated rings. The molecule has 0 spiro atoms. The molecule has 0 bridgehead atoms. The van der Waals surface area contributed by atoms with E-state index in [1.807, 2.05) is 37.4 Å². The number of carbonyl (C=O) groups excluding carboxylic acids is 1. The summed E-state index contributed by atoms with van der Waals surface area (Å²) in [5.41, 5.74) is 8.91. The zero-order valence-electron chi connectivity index (χ0n) is 11.7. The minimum atomic E-state index is -0.700. The number of nitrogens with zero attached hydrogens (tertiary/aromatic N) is 3. The average molecular weight is 287 g/mol. The van der Waals surface area contributed by atoms with Crippen molar-refractivity contribution in [3.8, 4) is 5.75 Å². The Hall–Kier alpha value is -2.83. The Morgan fingerprint density at radius 1 is 1.57 bits per heavy atom. The number of hydrogen-bond donors (Lipinski definition) is 2. The highest BCUT2D eigenvalue weighted by Crippen LogP contribution is 2.20. The molecule has 2 amide bonds. The standard InChI is InChI=1S/C14H17N5O2/c1-2-21-13-5-4-11(9-16-18-14(15)20)8-12(13)10-19-7-3-6-17-19/h3-9H,2,10H2,1H3,(H3,15,18,20). The zero-order valence-corrected chi connectivity index (χ0v) is 11.7. The number of nitrogens with one attached hydrogen (secondary N) is 1. The molecule has 0 aliphatic rings. The summed E-state index contributed by atoms with van der Waals surface area (Å²) in [6, 6.07) is 6.81. The van der Waals surface area contributed by atoms with Crippen LogP contribution in [0.4, 0.5) is 4.79 Å². The van der Waals surface area contributed by atoms with Crippen LogP contribution < -0.4 is 15.9 Å². The molecule has 1 aromatic carbocycles. The zero-order chi connectivity index (χ0) is 15.1. The van der Waals surface area contributed by atoms with E-state index in [0.717, 1.165) is 16.9 Å². The van der Waals surface area contributed by atoms with Gasteiger partial charge in [-0.25, -0.2) is 10.2 Å². The van der Waals surface area contributed by atoms with Gasteiger partial charge in [0.1, 0.15) is 5.75 Å². The van der Waals surface area contributed by atoms with E-state index in [4.69, 9.17) is 10.5 Å². The van der Waals surface area contributed by atoms with Gasteiger partial charge >= 0.3 is 6.03 Å². The molecular formula is C14H17N5O2. The van der Waals surface area contributed by atoms with Crippen molar-refractivity contribution in [2.75, 3.05) is 6.61 Å². The lowest BCUT2D eigenvalue weighted by molar-refractivity contribution is 0.249. The Kier molecular flexibility index (Phi) is 4.92. The first kappa shape index (κ1) is 14.6. The van der Waals surface area contributed by atoms with Crippen molar-refractivity contribution in [3.63, 3.8) is 0 Å². The molecule has 7 nitrogen and oxygen atoms in total. The second-order valence-electron chi connectivity index (χ2n) is 4.24. The van der Waals surface area contributed by atoms with Gasteiger partial charge in [-0.2, -0.15) is 10.2 Å². The van der Waals surface area contributed by atoms with E-state index < -0.39 is 6.03 Å². The normalized spacial score (nSPS) is 10.7. The Balaban J connectivity index is 2.21. The summed E-state index contributed by atoms with van der Waals surface area (Å²) in [7, 11) is 0. The van der Waals surface area contributed by atoms with Gasteiger partial charge in [0.05, 0.1) is 19.4 Å². The highest BCUT2D eigenvalue weighted by Gasteiger charge is 2.06. The fraction of sp³-hybridized carbons (Fsp3) is 0.214. The van der Waals surface area contributed by atoms with Crippen LogP contribution >= 0.6 is 0 Å². The second-order valence-corrected chi connectivity index (χ2v) is 4.24. The smallest absolute Gasteiger partial charge is 0.332 e. The number of benzene rings is 1. The van der Waals surface area contributed by atoms with Crippen molar-refractivity contribution < 1.29 is 9.53 Å². The lowest BCUT2D eigenvalue weighted by Crippen LogP contribution is -2.24. The maximum Gasteiger partial charge on any atom is 0.332 e. The Morgan fingerprint density at radius 2 is 2.43 bits per heavy atom. The van der Waals surface area contributed by atoms with Crippen LogP contribution in [-0.2, 0) is 6.54 Å². The summed E-state index contributed by atoms with van der Waals surface area (Å²) in [5.74, 6) is 0.799. The minimum absolute atomic E-state index is 0.586. The third-order valence-corrected chi connectivity index (χ3v) is 2.66. The van der Waals surface area contributed by atoms with Crippen molar-refractivity contribution in [2.45, 2.75) is 13.5 Å². The van der Waals surface area contributed by atoms with Gasteiger partial charge in [-0.3, -0.25) is 4.68 Å². The van der Waals surface area contributed by atoms with Gasteiger partial charge in [-0.05, 0) is 36.8 Å². The molecule has 0 aliphatic carbocycles. The lowest BCUT2D eigenvalue weighted by Gasteiger charge is -2.11. The van der Waals surface area contributed by atoms with E-state index in [2.05, 4.69) is 15.6 Å². The van der Waals surface area contributed by atoms with E-state index in [1.54, 1.807) is 10.9 Å². The number of rotatable bonds is 6. The number of urea groups is 1. The average Bonchev–Trinajstić information content (AvgIpc) is 2.94. The number of ether oxygens (including phenoxy) is 1.